The Kier molecular flexibility index (Phi) is 3.73. The topological polar surface area (TPSA) is 50.3 Å². The van der Waals surface area contributed by atoms with Gasteiger partial charge < -0.3 is 0 Å². The van der Waals surface area contributed by atoms with E-state index in [1.54, 1.807) is 37.3 Å². The van der Waals surface area contributed by atoms with Crippen LogP contribution in [0.2, 0.25) is 0 Å². The van der Waals surface area contributed by atoms with Gasteiger partial charge in [-0.2, -0.15) is 0 Å². The highest BCUT2D eigenvalue weighted by Gasteiger charge is 2.38. The summed E-state index contributed by atoms with van der Waals surface area (Å²) >= 11 is 3.36. The van der Waals surface area contributed by atoms with Crippen LogP contribution < -0.4 is 4.90 Å². The second kappa shape index (κ2) is 5.93. The molecule has 0 saturated heterocycles. The Morgan fingerprint density at radius 2 is 1.60 bits per heavy atom. The number of anilines is 1. The molecule has 4 nitrogen and oxygen atoms in total. The van der Waals surface area contributed by atoms with Gasteiger partial charge in [0.1, 0.15) is 0 Å². The fourth-order valence-corrected chi connectivity index (χ4v) is 3.28. The van der Waals surface area contributed by atoms with Gasteiger partial charge in [0.25, 0.3) is 11.8 Å². The lowest BCUT2D eigenvalue weighted by Crippen LogP contribution is -2.29. The van der Waals surface area contributed by atoms with Gasteiger partial charge in [0.05, 0.1) is 28.2 Å². The number of halogens is 1. The molecule has 0 spiro atoms. The Labute approximate surface area is 153 Å². The average Bonchev–Trinajstić information content (AvgIpc) is 2.88. The van der Waals surface area contributed by atoms with E-state index in [0.29, 0.717) is 28.2 Å². The van der Waals surface area contributed by atoms with Gasteiger partial charge >= 0.3 is 0 Å². The standard InChI is InChI=1S/C20H13BrN2O2/c1-12-18-16(11-17(22-12)13-5-3-2-4-6-13)19(24)23(20(18)25)15-9-7-14(21)8-10-15/h2-11H,1H3. The van der Waals surface area contributed by atoms with Crippen molar-refractivity contribution in [2.24, 2.45) is 0 Å². The summed E-state index contributed by atoms with van der Waals surface area (Å²) in [6.45, 7) is 1.77. The van der Waals surface area contributed by atoms with Gasteiger partial charge in [-0.05, 0) is 37.3 Å². The number of carbonyl (C=O) groups excluding carboxylic acids is 2. The molecule has 0 bridgehead atoms. The number of nitrogens with zero attached hydrogens (tertiary/aromatic N) is 2. The van der Waals surface area contributed by atoms with E-state index in [1.807, 2.05) is 30.3 Å². The molecule has 4 rings (SSSR count). The number of fused-ring (bicyclic) bond motifs is 1. The van der Waals surface area contributed by atoms with Crippen LogP contribution in [0.4, 0.5) is 5.69 Å². The molecule has 0 radical (unpaired) electrons. The van der Waals surface area contributed by atoms with Crippen LogP contribution in [0.15, 0.2) is 65.1 Å². The van der Waals surface area contributed by atoms with E-state index in [9.17, 15) is 9.59 Å². The first-order valence-electron chi connectivity index (χ1n) is 7.77. The van der Waals surface area contributed by atoms with Crippen LogP contribution >= 0.6 is 15.9 Å². The molecule has 2 heterocycles. The van der Waals surface area contributed by atoms with E-state index in [2.05, 4.69) is 20.9 Å². The zero-order chi connectivity index (χ0) is 17.6. The highest BCUT2D eigenvalue weighted by Crippen LogP contribution is 2.32. The van der Waals surface area contributed by atoms with Crippen molar-refractivity contribution in [2.45, 2.75) is 6.92 Å². The van der Waals surface area contributed by atoms with Crippen LogP contribution in [0, 0.1) is 6.92 Å². The molecule has 122 valence electrons. The second-order valence-electron chi connectivity index (χ2n) is 5.80. The van der Waals surface area contributed by atoms with E-state index >= 15 is 0 Å². The van der Waals surface area contributed by atoms with Crippen LogP contribution in [-0.4, -0.2) is 16.8 Å². The summed E-state index contributed by atoms with van der Waals surface area (Å²) in [7, 11) is 0. The van der Waals surface area contributed by atoms with Gasteiger partial charge in [-0.3, -0.25) is 14.6 Å². The summed E-state index contributed by atoms with van der Waals surface area (Å²) < 4.78 is 0.886. The van der Waals surface area contributed by atoms with Crippen LogP contribution in [0.3, 0.4) is 0 Å². The highest BCUT2D eigenvalue weighted by molar-refractivity contribution is 9.10. The summed E-state index contributed by atoms with van der Waals surface area (Å²) in [4.78, 5) is 31.5. The zero-order valence-corrected chi connectivity index (χ0v) is 14.9. The van der Waals surface area contributed by atoms with E-state index in [1.165, 1.54) is 4.90 Å². The molecule has 2 amide bonds. The van der Waals surface area contributed by atoms with Crippen molar-refractivity contribution in [3.63, 3.8) is 0 Å². The van der Waals surface area contributed by atoms with Crippen LogP contribution in [0.25, 0.3) is 11.3 Å². The smallest absolute Gasteiger partial charge is 0.267 e. The van der Waals surface area contributed by atoms with Crippen LogP contribution in [0.1, 0.15) is 26.4 Å². The zero-order valence-electron chi connectivity index (χ0n) is 13.4. The lowest BCUT2D eigenvalue weighted by atomic mass is 10.0. The molecule has 0 atom stereocenters. The summed E-state index contributed by atoms with van der Waals surface area (Å²) in [5.74, 6) is -0.642. The van der Waals surface area contributed by atoms with E-state index < -0.39 is 0 Å². The molecule has 25 heavy (non-hydrogen) atoms. The SMILES string of the molecule is Cc1nc(-c2ccccc2)cc2c1C(=O)N(c1ccc(Br)cc1)C2=O. The maximum Gasteiger partial charge on any atom is 0.267 e. The Morgan fingerprint density at radius 1 is 0.920 bits per heavy atom. The fraction of sp³-hybridized carbons (Fsp3) is 0.0500. The molecule has 2 aromatic carbocycles. The number of rotatable bonds is 2. The first kappa shape index (κ1) is 15.7. The van der Waals surface area contributed by atoms with Crippen LogP contribution in [-0.2, 0) is 0 Å². The van der Waals surface area contributed by atoms with Gasteiger partial charge in [-0.25, -0.2) is 4.90 Å². The number of hydrogen-bond acceptors (Lipinski definition) is 3. The number of aromatic nitrogens is 1. The molecular weight excluding hydrogens is 380 g/mol. The summed E-state index contributed by atoms with van der Waals surface area (Å²) in [6.07, 6.45) is 0. The predicted octanol–water partition coefficient (Wildman–Crippen LogP) is 4.62. The molecule has 0 unspecified atom stereocenters. The van der Waals surface area contributed by atoms with Gasteiger partial charge in [0.2, 0.25) is 0 Å². The molecule has 0 fully saturated rings. The second-order valence-corrected chi connectivity index (χ2v) is 6.72. The Hall–Kier alpha value is -2.79. The molecule has 1 aliphatic rings. The van der Waals surface area contributed by atoms with E-state index in [4.69, 9.17) is 0 Å². The molecular formula is C20H13BrN2O2. The fourth-order valence-electron chi connectivity index (χ4n) is 3.02. The summed E-state index contributed by atoms with van der Waals surface area (Å²) in [6, 6.07) is 18.4. The minimum Gasteiger partial charge on any atom is -0.268 e. The van der Waals surface area contributed by atoms with Crippen LogP contribution in [0.5, 0.6) is 0 Å². The molecule has 1 aromatic heterocycles. The summed E-state index contributed by atoms with van der Waals surface area (Å²) in [5.41, 5.74) is 3.50. The number of imide groups is 1. The third kappa shape index (κ3) is 2.57. The van der Waals surface area contributed by atoms with E-state index in [0.717, 1.165) is 10.0 Å². The number of amides is 2. The first-order chi connectivity index (χ1) is 12.1. The molecule has 5 heteroatoms. The number of pyridine rings is 1. The van der Waals surface area contributed by atoms with Gasteiger partial charge in [-0.15, -0.1) is 0 Å². The van der Waals surface area contributed by atoms with Crippen molar-refractivity contribution in [2.75, 3.05) is 4.90 Å². The maximum atomic E-state index is 12.9. The van der Waals surface area contributed by atoms with Crippen molar-refractivity contribution in [1.82, 2.24) is 4.98 Å². The number of aryl methyl sites for hydroxylation is 1. The minimum absolute atomic E-state index is 0.315. The monoisotopic (exact) mass is 392 g/mol. The third-order valence-electron chi connectivity index (χ3n) is 4.21. The number of carbonyl (C=O) groups is 2. The maximum absolute atomic E-state index is 12.9. The number of benzene rings is 2. The predicted molar refractivity (Wildman–Crippen MR) is 99.7 cm³/mol. The van der Waals surface area contributed by atoms with Gasteiger partial charge in [0.15, 0.2) is 0 Å². The lowest BCUT2D eigenvalue weighted by molar-refractivity contribution is 0.0926. The largest absolute Gasteiger partial charge is 0.268 e. The van der Waals surface area contributed by atoms with Crippen molar-refractivity contribution < 1.29 is 9.59 Å². The van der Waals surface area contributed by atoms with Crippen molar-refractivity contribution in [3.8, 4) is 11.3 Å². The third-order valence-corrected chi connectivity index (χ3v) is 4.73. The van der Waals surface area contributed by atoms with Gasteiger partial charge in [-0.1, -0.05) is 46.3 Å². The summed E-state index contributed by atoms with van der Waals surface area (Å²) in [5, 5.41) is 0. The molecule has 0 N–H and O–H groups in total. The Balaban J connectivity index is 1.83. The molecule has 0 saturated carbocycles. The first-order valence-corrected chi connectivity index (χ1v) is 8.57. The highest BCUT2D eigenvalue weighted by atomic mass is 79.9. The lowest BCUT2D eigenvalue weighted by Gasteiger charge is -2.13. The van der Waals surface area contributed by atoms with Crippen molar-refractivity contribution in [1.29, 1.82) is 0 Å². The molecule has 1 aliphatic heterocycles. The average molecular weight is 393 g/mol. The van der Waals surface area contributed by atoms with E-state index in [-0.39, 0.29) is 11.8 Å². The molecule has 0 aliphatic carbocycles. The Bertz CT molecular complexity index is 998. The minimum atomic E-state index is -0.327. The quantitative estimate of drug-likeness (QED) is 0.597. The van der Waals surface area contributed by atoms with Crippen molar-refractivity contribution >= 4 is 33.4 Å². The number of hydrogen-bond donors (Lipinski definition) is 0. The Morgan fingerprint density at radius 3 is 2.28 bits per heavy atom. The van der Waals surface area contributed by atoms with Gasteiger partial charge in [0, 0.05) is 10.0 Å². The van der Waals surface area contributed by atoms with Crippen molar-refractivity contribution in [3.05, 3.63) is 82.0 Å². The molecule has 3 aromatic rings. The normalized spacial score (nSPS) is 13.3.